The van der Waals surface area contributed by atoms with E-state index in [0.29, 0.717) is 23.3 Å². The number of anilines is 1. The lowest BCUT2D eigenvalue weighted by molar-refractivity contribution is 0.0701. The van der Waals surface area contributed by atoms with Gasteiger partial charge in [-0.05, 0) is 24.5 Å². The number of nitrogens with two attached hydrogens (primary N) is 2. The molecule has 0 saturated heterocycles. The largest absolute Gasteiger partial charge is 0.477 e. The Hall–Kier alpha value is -2.74. The summed E-state index contributed by atoms with van der Waals surface area (Å²) in [6.45, 7) is 3.90. The Morgan fingerprint density at radius 3 is 2.50 bits per heavy atom. The highest BCUT2D eigenvalue weighted by Crippen LogP contribution is 2.36. The lowest BCUT2D eigenvalue weighted by Gasteiger charge is -2.16. The van der Waals surface area contributed by atoms with Crippen molar-refractivity contribution in [1.29, 1.82) is 0 Å². The maximum atomic E-state index is 12.0. The molecule has 8 heteroatoms. The maximum absolute atomic E-state index is 12.0. The maximum Gasteiger partial charge on any atom is 0.345 e. The molecule has 0 bridgehead atoms. The Morgan fingerprint density at radius 2 is 2.04 bits per heavy atom. The van der Waals surface area contributed by atoms with E-state index in [1.807, 2.05) is 13.8 Å². The van der Waals surface area contributed by atoms with E-state index in [4.69, 9.17) is 16.6 Å². The summed E-state index contributed by atoms with van der Waals surface area (Å²) in [5, 5.41) is 9.09. The Kier molecular flexibility index (Phi) is 4.99. The van der Waals surface area contributed by atoms with Gasteiger partial charge >= 0.3 is 5.97 Å². The number of hydrogen-bond donors (Lipinski definition) is 3. The van der Waals surface area contributed by atoms with Gasteiger partial charge in [0.15, 0.2) is 6.29 Å². The topological polar surface area (TPSA) is 136 Å². The van der Waals surface area contributed by atoms with Crippen molar-refractivity contribution in [1.82, 2.24) is 4.98 Å². The van der Waals surface area contributed by atoms with Gasteiger partial charge in [0, 0.05) is 10.4 Å². The molecule has 1 amide bonds. The second-order valence-corrected chi connectivity index (χ2v) is 6.74. The number of nitrogen functional groups attached to an aromatic ring is 1. The van der Waals surface area contributed by atoms with E-state index < -0.39 is 11.9 Å². The van der Waals surface area contributed by atoms with E-state index in [0.717, 1.165) is 11.3 Å². The van der Waals surface area contributed by atoms with Gasteiger partial charge in [-0.15, -0.1) is 11.3 Å². The second kappa shape index (κ2) is 6.79. The van der Waals surface area contributed by atoms with Gasteiger partial charge in [-0.1, -0.05) is 13.8 Å². The molecular formula is C16H17N3O4S. The fourth-order valence-electron chi connectivity index (χ4n) is 2.43. The van der Waals surface area contributed by atoms with Crippen molar-refractivity contribution in [3.63, 3.8) is 0 Å². The Labute approximate surface area is 142 Å². The number of hydrogen-bond acceptors (Lipinski definition) is 6. The van der Waals surface area contributed by atoms with E-state index in [1.165, 1.54) is 12.1 Å². The summed E-state index contributed by atoms with van der Waals surface area (Å²) in [5.41, 5.74) is 12.2. The molecular weight excluding hydrogens is 330 g/mol. The Bertz CT molecular complexity index is 827. The molecule has 0 fully saturated rings. The molecule has 2 heterocycles. The number of pyridine rings is 1. The van der Waals surface area contributed by atoms with Crippen LogP contribution in [0.2, 0.25) is 0 Å². The van der Waals surface area contributed by atoms with E-state index in [-0.39, 0.29) is 33.3 Å². The SMILES string of the molecule is CC(C)Cc1nc(N)c(C=O)c(-c2ccc(C(=O)O)s2)c1C(N)=O. The van der Waals surface area contributed by atoms with Gasteiger partial charge in [-0.25, -0.2) is 9.78 Å². The monoisotopic (exact) mass is 347 g/mol. The van der Waals surface area contributed by atoms with Gasteiger partial charge in [-0.2, -0.15) is 0 Å². The Morgan fingerprint density at radius 1 is 1.38 bits per heavy atom. The van der Waals surface area contributed by atoms with Crippen molar-refractivity contribution in [3.05, 3.63) is 33.8 Å². The molecule has 126 valence electrons. The summed E-state index contributed by atoms with van der Waals surface area (Å²) in [6, 6.07) is 2.93. The number of thiophene rings is 1. The minimum Gasteiger partial charge on any atom is -0.477 e. The zero-order valence-electron chi connectivity index (χ0n) is 13.2. The fourth-order valence-corrected chi connectivity index (χ4v) is 3.34. The average Bonchev–Trinajstić information content (AvgIpc) is 2.95. The summed E-state index contributed by atoms with van der Waals surface area (Å²) in [6.07, 6.45) is 0.954. The highest BCUT2D eigenvalue weighted by molar-refractivity contribution is 7.17. The summed E-state index contributed by atoms with van der Waals surface area (Å²) in [4.78, 5) is 39.3. The fraction of sp³-hybridized carbons (Fsp3) is 0.250. The normalized spacial score (nSPS) is 10.8. The van der Waals surface area contributed by atoms with Crippen LogP contribution in [0.25, 0.3) is 10.4 Å². The van der Waals surface area contributed by atoms with Crippen molar-refractivity contribution >= 4 is 35.3 Å². The molecule has 0 saturated carbocycles. The first-order valence-corrected chi connectivity index (χ1v) is 7.98. The number of nitrogens with zero attached hydrogens (tertiary/aromatic N) is 1. The number of amides is 1. The van der Waals surface area contributed by atoms with Crippen LogP contribution in [0.15, 0.2) is 12.1 Å². The zero-order valence-corrected chi connectivity index (χ0v) is 14.0. The minimum atomic E-state index is -1.09. The van der Waals surface area contributed by atoms with Gasteiger partial charge in [0.1, 0.15) is 10.7 Å². The summed E-state index contributed by atoms with van der Waals surface area (Å²) < 4.78 is 0. The molecule has 2 aromatic heterocycles. The smallest absolute Gasteiger partial charge is 0.345 e. The number of aldehydes is 1. The van der Waals surface area contributed by atoms with E-state index in [9.17, 15) is 14.4 Å². The van der Waals surface area contributed by atoms with Crippen LogP contribution in [0.5, 0.6) is 0 Å². The number of carbonyl (C=O) groups excluding carboxylic acids is 2. The van der Waals surface area contributed by atoms with Crippen LogP contribution in [0.4, 0.5) is 5.82 Å². The highest BCUT2D eigenvalue weighted by atomic mass is 32.1. The third kappa shape index (κ3) is 3.28. The molecule has 2 rings (SSSR count). The number of carboxylic acid groups (broad SMARTS) is 1. The number of aromatic nitrogens is 1. The molecule has 0 atom stereocenters. The molecule has 0 spiro atoms. The second-order valence-electron chi connectivity index (χ2n) is 5.66. The number of aromatic carboxylic acids is 1. The molecule has 0 unspecified atom stereocenters. The van der Waals surface area contributed by atoms with Crippen LogP contribution < -0.4 is 11.5 Å². The summed E-state index contributed by atoms with van der Waals surface area (Å²) in [7, 11) is 0. The molecule has 7 nitrogen and oxygen atoms in total. The lowest BCUT2D eigenvalue weighted by atomic mass is 9.94. The molecule has 2 aromatic rings. The number of carboxylic acids is 1. The van der Waals surface area contributed by atoms with E-state index in [2.05, 4.69) is 4.98 Å². The summed E-state index contributed by atoms with van der Waals surface area (Å²) >= 11 is 0.942. The van der Waals surface area contributed by atoms with Crippen molar-refractivity contribution in [2.24, 2.45) is 11.7 Å². The number of primary amides is 1. The minimum absolute atomic E-state index is 0.00840. The standard InChI is InChI=1S/C16H17N3O4S/c1-7(2)5-9-13(15(18)21)12(8(6-20)14(17)19-9)10-3-4-11(24-10)16(22)23/h3-4,6-7H,5H2,1-2H3,(H2,17,19)(H2,18,21)(H,22,23). The Balaban J connectivity index is 2.83. The van der Waals surface area contributed by atoms with E-state index in [1.54, 1.807) is 0 Å². The van der Waals surface area contributed by atoms with Crippen molar-refractivity contribution in [2.75, 3.05) is 5.73 Å². The summed E-state index contributed by atoms with van der Waals surface area (Å²) in [5.74, 6) is -1.65. The number of carbonyl (C=O) groups is 3. The van der Waals surface area contributed by atoms with E-state index >= 15 is 0 Å². The molecule has 24 heavy (non-hydrogen) atoms. The zero-order chi connectivity index (χ0) is 18.0. The third-order valence-electron chi connectivity index (χ3n) is 3.37. The third-order valence-corrected chi connectivity index (χ3v) is 4.46. The predicted octanol–water partition coefficient (Wildman–Crippen LogP) is 2.20. The van der Waals surface area contributed by atoms with Gasteiger partial charge in [0.2, 0.25) is 0 Å². The van der Waals surface area contributed by atoms with Crippen molar-refractivity contribution in [3.8, 4) is 10.4 Å². The van der Waals surface area contributed by atoms with Crippen LogP contribution in [0, 0.1) is 5.92 Å². The predicted molar refractivity (Wildman–Crippen MR) is 91.4 cm³/mol. The number of rotatable bonds is 6. The molecule has 5 N–H and O–H groups in total. The first-order chi connectivity index (χ1) is 11.3. The van der Waals surface area contributed by atoms with Crippen LogP contribution in [-0.4, -0.2) is 28.3 Å². The van der Waals surface area contributed by atoms with Crippen molar-refractivity contribution < 1.29 is 19.5 Å². The van der Waals surface area contributed by atoms with Crippen LogP contribution in [0.1, 0.15) is 49.9 Å². The quantitative estimate of drug-likeness (QED) is 0.685. The van der Waals surface area contributed by atoms with Gasteiger partial charge in [0.25, 0.3) is 5.91 Å². The molecule has 0 aliphatic heterocycles. The van der Waals surface area contributed by atoms with Crippen LogP contribution in [-0.2, 0) is 6.42 Å². The van der Waals surface area contributed by atoms with Crippen molar-refractivity contribution in [2.45, 2.75) is 20.3 Å². The van der Waals surface area contributed by atoms with Crippen LogP contribution in [0.3, 0.4) is 0 Å². The van der Waals surface area contributed by atoms with Crippen LogP contribution >= 0.6 is 11.3 Å². The van der Waals surface area contributed by atoms with Gasteiger partial charge in [0.05, 0.1) is 16.8 Å². The highest BCUT2D eigenvalue weighted by Gasteiger charge is 2.25. The lowest BCUT2D eigenvalue weighted by Crippen LogP contribution is -2.20. The molecule has 0 aromatic carbocycles. The molecule has 0 aliphatic rings. The van der Waals surface area contributed by atoms with Gasteiger partial charge in [-0.3, -0.25) is 9.59 Å². The van der Waals surface area contributed by atoms with Gasteiger partial charge < -0.3 is 16.6 Å². The first kappa shape index (κ1) is 17.6. The molecule has 0 aliphatic carbocycles. The average molecular weight is 347 g/mol. The molecule has 0 radical (unpaired) electrons. The first-order valence-electron chi connectivity index (χ1n) is 7.17.